The lowest BCUT2D eigenvalue weighted by Gasteiger charge is -2.15. The van der Waals surface area contributed by atoms with Gasteiger partial charge in [-0.2, -0.15) is 15.0 Å². The first-order chi connectivity index (χ1) is 6.01. The molecule has 1 heterocycles. The van der Waals surface area contributed by atoms with Crippen molar-refractivity contribution in [3.05, 3.63) is 11.9 Å². The molecule has 0 aliphatic heterocycles. The van der Waals surface area contributed by atoms with Crippen molar-refractivity contribution >= 4 is 0 Å². The van der Waals surface area contributed by atoms with Crippen molar-refractivity contribution in [3.63, 3.8) is 0 Å². The molecule has 0 unspecified atom stereocenters. The molecule has 0 aliphatic carbocycles. The number of hydrogen-bond acceptors (Lipinski definition) is 2. The molecule has 0 aliphatic rings. The van der Waals surface area contributed by atoms with Crippen molar-refractivity contribution in [2.45, 2.75) is 47.1 Å². The van der Waals surface area contributed by atoms with Gasteiger partial charge in [-0.15, -0.1) is 0 Å². The van der Waals surface area contributed by atoms with Crippen molar-refractivity contribution in [2.24, 2.45) is 5.41 Å². The summed E-state index contributed by atoms with van der Waals surface area (Å²) in [7, 11) is 0. The number of aromatic nitrogens is 3. The fourth-order valence-corrected chi connectivity index (χ4v) is 1.27. The van der Waals surface area contributed by atoms with E-state index in [4.69, 9.17) is 0 Å². The molecule has 0 saturated carbocycles. The van der Waals surface area contributed by atoms with E-state index in [-0.39, 0.29) is 0 Å². The van der Waals surface area contributed by atoms with Gasteiger partial charge < -0.3 is 0 Å². The van der Waals surface area contributed by atoms with E-state index in [0.717, 1.165) is 25.1 Å². The van der Waals surface area contributed by atoms with E-state index < -0.39 is 0 Å². The summed E-state index contributed by atoms with van der Waals surface area (Å²) in [6, 6.07) is 0. The van der Waals surface area contributed by atoms with Crippen LogP contribution >= 0.6 is 0 Å². The molecule has 0 spiro atoms. The molecule has 0 radical (unpaired) electrons. The highest BCUT2D eigenvalue weighted by Crippen LogP contribution is 2.18. The Balaban J connectivity index is 2.59. The maximum atomic E-state index is 4.39. The Morgan fingerprint density at radius 2 is 2.08 bits per heavy atom. The Morgan fingerprint density at radius 1 is 1.38 bits per heavy atom. The Bertz CT molecular complexity index is 257. The molecule has 0 aromatic carbocycles. The van der Waals surface area contributed by atoms with Crippen LogP contribution in [0.2, 0.25) is 0 Å². The van der Waals surface area contributed by atoms with Crippen LogP contribution in [0.4, 0.5) is 0 Å². The minimum atomic E-state index is 0.299. The van der Waals surface area contributed by atoms with E-state index in [1.807, 2.05) is 6.20 Å². The number of hydrogen-bond donors (Lipinski definition) is 0. The Kier molecular flexibility index (Phi) is 3.07. The van der Waals surface area contributed by atoms with Gasteiger partial charge in [0.25, 0.3) is 0 Å². The number of rotatable bonds is 3. The van der Waals surface area contributed by atoms with E-state index in [2.05, 4.69) is 37.9 Å². The lowest BCUT2D eigenvalue weighted by Crippen LogP contribution is -2.10. The second kappa shape index (κ2) is 3.90. The Hall–Kier alpha value is -0.860. The maximum Gasteiger partial charge on any atom is 0.0832 e. The fourth-order valence-electron chi connectivity index (χ4n) is 1.27. The quantitative estimate of drug-likeness (QED) is 0.716. The van der Waals surface area contributed by atoms with Crippen molar-refractivity contribution in [3.8, 4) is 0 Å². The van der Waals surface area contributed by atoms with E-state index in [1.54, 1.807) is 4.80 Å². The average Bonchev–Trinajstić information content (AvgIpc) is 2.33. The SMILES string of the molecule is CCCn1ncc(CC(C)(C)C)n1. The molecule has 74 valence electrons. The largest absolute Gasteiger partial charge is 0.185 e. The normalized spacial score (nSPS) is 12.0. The van der Waals surface area contributed by atoms with Gasteiger partial charge in [0.15, 0.2) is 0 Å². The van der Waals surface area contributed by atoms with Crippen LogP contribution in [0, 0.1) is 5.41 Å². The Morgan fingerprint density at radius 3 is 2.62 bits per heavy atom. The van der Waals surface area contributed by atoms with Crippen LogP contribution in [0.1, 0.15) is 39.8 Å². The summed E-state index contributed by atoms with van der Waals surface area (Å²) in [6.45, 7) is 9.69. The molecule has 0 N–H and O–H groups in total. The first kappa shape index (κ1) is 10.2. The van der Waals surface area contributed by atoms with Gasteiger partial charge in [0.2, 0.25) is 0 Å². The lowest BCUT2D eigenvalue weighted by molar-refractivity contribution is 0.402. The third kappa shape index (κ3) is 3.57. The van der Waals surface area contributed by atoms with Crippen LogP contribution in [0.5, 0.6) is 0 Å². The second-order valence-electron chi connectivity index (χ2n) is 4.67. The summed E-state index contributed by atoms with van der Waals surface area (Å²) in [6.07, 6.45) is 3.96. The highest BCUT2D eigenvalue weighted by molar-refractivity contribution is 4.94. The summed E-state index contributed by atoms with van der Waals surface area (Å²) < 4.78 is 0. The molecule has 1 rings (SSSR count). The van der Waals surface area contributed by atoms with Crippen LogP contribution < -0.4 is 0 Å². The number of nitrogens with zero attached hydrogens (tertiary/aromatic N) is 3. The smallest absolute Gasteiger partial charge is 0.0832 e. The molecule has 1 aromatic heterocycles. The summed E-state index contributed by atoms with van der Waals surface area (Å²) in [5, 5.41) is 8.59. The zero-order valence-corrected chi connectivity index (χ0v) is 9.04. The van der Waals surface area contributed by atoms with Gasteiger partial charge >= 0.3 is 0 Å². The third-order valence-corrected chi connectivity index (χ3v) is 1.72. The van der Waals surface area contributed by atoms with Gasteiger partial charge in [-0.05, 0) is 18.3 Å². The molecule has 0 amide bonds. The van der Waals surface area contributed by atoms with Gasteiger partial charge in [0.1, 0.15) is 0 Å². The van der Waals surface area contributed by atoms with Gasteiger partial charge in [-0.1, -0.05) is 27.7 Å². The molecule has 3 nitrogen and oxygen atoms in total. The van der Waals surface area contributed by atoms with Gasteiger partial charge in [-0.25, -0.2) is 0 Å². The molecular formula is C10H19N3. The molecular weight excluding hydrogens is 162 g/mol. The minimum absolute atomic E-state index is 0.299. The lowest BCUT2D eigenvalue weighted by atomic mass is 9.91. The summed E-state index contributed by atoms with van der Waals surface area (Å²) in [5.41, 5.74) is 1.40. The van der Waals surface area contributed by atoms with E-state index in [9.17, 15) is 0 Å². The number of aryl methyl sites for hydroxylation is 1. The maximum absolute atomic E-state index is 4.39. The van der Waals surface area contributed by atoms with E-state index >= 15 is 0 Å². The molecule has 3 heteroatoms. The Labute approximate surface area is 80.1 Å². The summed E-state index contributed by atoms with van der Waals surface area (Å²) >= 11 is 0. The monoisotopic (exact) mass is 181 g/mol. The zero-order chi connectivity index (χ0) is 9.90. The van der Waals surface area contributed by atoms with E-state index in [1.165, 1.54) is 0 Å². The molecule has 13 heavy (non-hydrogen) atoms. The molecule has 1 aromatic rings. The topological polar surface area (TPSA) is 30.7 Å². The van der Waals surface area contributed by atoms with Crippen molar-refractivity contribution in [2.75, 3.05) is 0 Å². The van der Waals surface area contributed by atoms with Gasteiger partial charge in [-0.3, -0.25) is 0 Å². The summed E-state index contributed by atoms with van der Waals surface area (Å²) in [4.78, 5) is 1.78. The van der Waals surface area contributed by atoms with Gasteiger partial charge in [0.05, 0.1) is 18.4 Å². The standard InChI is InChI=1S/C10H19N3/c1-5-6-13-11-8-9(12-13)7-10(2,3)4/h8H,5-7H2,1-4H3. The highest BCUT2D eigenvalue weighted by Gasteiger charge is 2.13. The third-order valence-electron chi connectivity index (χ3n) is 1.72. The van der Waals surface area contributed by atoms with Crippen LogP contribution in [-0.2, 0) is 13.0 Å². The second-order valence-corrected chi connectivity index (χ2v) is 4.67. The molecule has 0 fully saturated rings. The van der Waals surface area contributed by atoms with Crippen molar-refractivity contribution in [1.29, 1.82) is 0 Å². The van der Waals surface area contributed by atoms with Crippen molar-refractivity contribution in [1.82, 2.24) is 15.0 Å². The predicted octanol–water partition coefficient (Wildman–Crippen LogP) is 2.28. The van der Waals surface area contributed by atoms with Gasteiger partial charge in [0, 0.05) is 0 Å². The minimum Gasteiger partial charge on any atom is -0.185 e. The summed E-state index contributed by atoms with van der Waals surface area (Å²) in [5.74, 6) is 0. The van der Waals surface area contributed by atoms with Crippen LogP contribution in [0.3, 0.4) is 0 Å². The highest BCUT2D eigenvalue weighted by atomic mass is 15.5. The molecule has 0 atom stereocenters. The van der Waals surface area contributed by atoms with Crippen LogP contribution in [0.25, 0.3) is 0 Å². The van der Waals surface area contributed by atoms with Crippen molar-refractivity contribution < 1.29 is 0 Å². The van der Waals surface area contributed by atoms with Crippen LogP contribution in [-0.4, -0.2) is 15.0 Å². The molecule has 0 bridgehead atoms. The first-order valence-corrected chi connectivity index (χ1v) is 4.90. The molecule has 0 saturated heterocycles. The fraction of sp³-hybridized carbons (Fsp3) is 0.800. The van der Waals surface area contributed by atoms with Crippen LogP contribution in [0.15, 0.2) is 6.20 Å². The van der Waals surface area contributed by atoms with E-state index in [0.29, 0.717) is 5.41 Å². The zero-order valence-electron chi connectivity index (χ0n) is 9.04. The predicted molar refractivity (Wildman–Crippen MR) is 53.5 cm³/mol. The average molecular weight is 181 g/mol. The first-order valence-electron chi connectivity index (χ1n) is 4.90.